The van der Waals surface area contributed by atoms with E-state index < -0.39 is 6.10 Å². The molecular formula is C14H25N3O2. The van der Waals surface area contributed by atoms with E-state index in [4.69, 9.17) is 0 Å². The van der Waals surface area contributed by atoms with Gasteiger partial charge in [-0.05, 0) is 31.2 Å². The molecule has 0 bridgehead atoms. The van der Waals surface area contributed by atoms with Gasteiger partial charge in [0.2, 0.25) is 5.91 Å². The lowest BCUT2D eigenvalue weighted by atomic mass is 9.89. The van der Waals surface area contributed by atoms with Crippen molar-refractivity contribution in [2.75, 3.05) is 6.54 Å². The van der Waals surface area contributed by atoms with E-state index in [9.17, 15) is 9.90 Å². The predicted octanol–water partition coefficient (Wildman–Crippen LogP) is 1.48. The number of aliphatic hydroxyl groups excluding tert-OH is 1. The molecule has 0 aromatic carbocycles. The van der Waals surface area contributed by atoms with Gasteiger partial charge in [0.05, 0.1) is 11.8 Å². The van der Waals surface area contributed by atoms with Gasteiger partial charge in [0.25, 0.3) is 0 Å². The van der Waals surface area contributed by atoms with Crippen LogP contribution in [0.5, 0.6) is 0 Å². The van der Waals surface area contributed by atoms with Gasteiger partial charge < -0.3 is 10.4 Å². The zero-order valence-electron chi connectivity index (χ0n) is 12.5. The van der Waals surface area contributed by atoms with Crippen molar-refractivity contribution in [1.29, 1.82) is 0 Å². The zero-order valence-corrected chi connectivity index (χ0v) is 12.5. The average molecular weight is 267 g/mol. The number of hydrogen-bond acceptors (Lipinski definition) is 3. The first-order valence-electron chi connectivity index (χ1n) is 6.67. The minimum absolute atomic E-state index is 0.0386. The number of nitrogens with zero attached hydrogens (tertiary/aromatic N) is 1. The number of carbonyl (C=O) groups is 1. The maximum Gasteiger partial charge on any atom is 0.220 e. The van der Waals surface area contributed by atoms with Crippen molar-refractivity contribution in [1.82, 2.24) is 15.5 Å². The molecule has 1 rings (SSSR count). The van der Waals surface area contributed by atoms with Crippen LogP contribution in [0.2, 0.25) is 0 Å². The molecule has 5 heteroatoms. The Labute approximate surface area is 114 Å². The van der Waals surface area contributed by atoms with Crippen LogP contribution in [0.15, 0.2) is 0 Å². The normalized spacial score (nSPS) is 13.4. The minimum Gasteiger partial charge on any atom is -0.391 e. The fraction of sp³-hybridized carbons (Fsp3) is 0.714. The highest BCUT2D eigenvalue weighted by molar-refractivity contribution is 5.76. The maximum absolute atomic E-state index is 11.7. The number of aromatic nitrogens is 2. The fourth-order valence-corrected chi connectivity index (χ4v) is 1.79. The van der Waals surface area contributed by atoms with Crippen LogP contribution in [0.4, 0.5) is 0 Å². The summed E-state index contributed by atoms with van der Waals surface area (Å²) in [5.74, 6) is -0.0386. The number of nitrogens with one attached hydrogen (secondary N) is 2. The van der Waals surface area contributed by atoms with E-state index >= 15 is 0 Å². The summed E-state index contributed by atoms with van der Waals surface area (Å²) in [7, 11) is 0. The third-order valence-electron chi connectivity index (χ3n) is 3.38. The van der Waals surface area contributed by atoms with Gasteiger partial charge in [-0.25, -0.2) is 0 Å². The van der Waals surface area contributed by atoms with E-state index in [0.29, 0.717) is 19.4 Å². The minimum atomic E-state index is -0.533. The molecule has 1 atom stereocenters. The molecule has 0 spiro atoms. The van der Waals surface area contributed by atoms with Crippen molar-refractivity contribution in [2.24, 2.45) is 5.41 Å². The quantitative estimate of drug-likeness (QED) is 0.756. The van der Waals surface area contributed by atoms with Crippen LogP contribution in [-0.4, -0.2) is 33.9 Å². The van der Waals surface area contributed by atoms with Gasteiger partial charge >= 0.3 is 0 Å². The van der Waals surface area contributed by atoms with E-state index in [1.54, 1.807) is 0 Å². The Morgan fingerprint density at radius 2 is 2.05 bits per heavy atom. The molecule has 0 aliphatic heterocycles. The van der Waals surface area contributed by atoms with Crippen LogP contribution < -0.4 is 5.32 Å². The number of aliphatic hydroxyl groups is 1. The van der Waals surface area contributed by atoms with Crippen LogP contribution >= 0.6 is 0 Å². The first kappa shape index (κ1) is 15.7. The smallest absolute Gasteiger partial charge is 0.220 e. The number of carbonyl (C=O) groups excluding carboxylic acids is 1. The van der Waals surface area contributed by atoms with Crippen molar-refractivity contribution in [3.63, 3.8) is 0 Å². The third-order valence-corrected chi connectivity index (χ3v) is 3.38. The molecule has 0 fully saturated rings. The molecular weight excluding hydrogens is 242 g/mol. The van der Waals surface area contributed by atoms with Gasteiger partial charge in [-0.3, -0.25) is 9.89 Å². The molecule has 1 aromatic heterocycles. The van der Waals surface area contributed by atoms with Gasteiger partial charge in [-0.15, -0.1) is 0 Å². The Kier molecular flexibility index (Phi) is 5.11. The summed E-state index contributed by atoms with van der Waals surface area (Å²) >= 11 is 0. The number of aryl methyl sites for hydroxylation is 2. The lowest BCUT2D eigenvalue weighted by Gasteiger charge is -2.25. The summed E-state index contributed by atoms with van der Waals surface area (Å²) in [5, 5.41) is 19.6. The summed E-state index contributed by atoms with van der Waals surface area (Å²) < 4.78 is 0. The Hall–Kier alpha value is -1.36. The first-order chi connectivity index (χ1) is 8.71. The Balaban J connectivity index is 2.37. The second-order valence-corrected chi connectivity index (χ2v) is 6.10. The topological polar surface area (TPSA) is 78.0 Å². The van der Waals surface area contributed by atoms with Crippen molar-refractivity contribution in [2.45, 2.75) is 53.6 Å². The number of aromatic amines is 1. The first-order valence-corrected chi connectivity index (χ1v) is 6.67. The average Bonchev–Trinajstić information content (AvgIpc) is 2.62. The van der Waals surface area contributed by atoms with Gasteiger partial charge in [0.15, 0.2) is 0 Å². The van der Waals surface area contributed by atoms with E-state index in [2.05, 4.69) is 15.5 Å². The van der Waals surface area contributed by atoms with Crippen LogP contribution in [0, 0.1) is 19.3 Å². The van der Waals surface area contributed by atoms with Crippen LogP contribution in [0.1, 0.15) is 44.1 Å². The molecule has 1 amide bonds. The molecule has 19 heavy (non-hydrogen) atoms. The molecule has 0 aliphatic rings. The van der Waals surface area contributed by atoms with E-state index in [1.807, 2.05) is 34.6 Å². The van der Waals surface area contributed by atoms with Gasteiger partial charge in [0.1, 0.15) is 0 Å². The molecule has 1 aromatic rings. The third kappa shape index (κ3) is 4.67. The number of amides is 1. The van der Waals surface area contributed by atoms with Crippen molar-refractivity contribution in [3.8, 4) is 0 Å². The van der Waals surface area contributed by atoms with Gasteiger partial charge in [0, 0.05) is 18.7 Å². The van der Waals surface area contributed by atoms with Crippen LogP contribution in [0.25, 0.3) is 0 Å². The summed E-state index contributed by atoms with van der Waals surface area (Å²) in [4.78, 5) is 11.7. The lowest BCUT2D eigenvalue weighted by molar-refractivity contribution is -0.121. The standard InChI is InChI=1S/C14H25N3O2/c1-9-11(10(2)17-16-9)6-7-13(19)15-8-12(18)14(3,4)5/h12,18H,6-8H2,1-5H3,(H,15,19)(H,16,17). The van der Waals surface area contributed by atoms with Crippen LogP contribution in [-0.2, 0) is 11.2 Å². The summed E-state index contributed by atoms with van der Waals surface area (Å²) in [5.41, 5.74) is 2.84. The Morgan fingerprint density at radius 3 is 2.53 bits per heavy atom. The van der Waals surface area contributed by atoms with Gasteiger partial charge in [-0.1, -0.05) is 20.8 Å². The molecule has 0 saturated heterocycles. The van der Waals surface area contributed by atoms with Crippen molar-refractivity contribution < 1.29 is 9.90 Å². The van der Waals surface area contributed by atoms with Crippen LogP contribution in [0.3, 0.4) is 0 Å². The molecule has 1 heterocycles. The van der Waals surface area contributed by atoms with Gasteiger partial charge in [-0.2, -0.15) is 5.10 Å². The number of hydrogen-bond donors (Lipinski definition) is 3. The van der Waals surface area contributed by atoms with E-state index in [0.717, 1.165) is 17.0 Å². The molecule has 5 nitrogen and oxygen atoms in total. The lowest BCUT2D eigenvalue weighted by Crippen LogP contribution is -2.39. The second kappa shape index (κ2) is 6.19. The molecule has 3 N–H and O–H groups in total. The maximum atomic E-state index is 11.7. The largest absolute Gasteiger partial charge is 0.391 e. The molecule has 0 radical (unpaired) electrons. The fourth-order valence-electron chi connectivity index (χ4n) is 1.79. The Bertz CT molecular complexity index is 413. The number of H-pyrrole nitrogens is 1. The second-order valence-electron chi connectivity index (χ2n) is 6.10. The molecule has 1 unspecified atom stereocenters. The predicted molar refractivity (Wildman–Crippen MR) is 74.9 cm³/mol. The summed E-state index contributed by atoms with van der Waals surface area (Å²) in [6.07, 6.45) is 0.554. The summed E-state index contributed by atoms with van der Waals surface area (Å²) in [6, 6.07) is 0. The SMILES string of the molecule is Cc1n[nH]c(C)c1CCC(=O)NCC(O)C(C)(C)C. The number of rotatable bonds is 5. The molecule has 108 valence electrons. The highest BCUT2D eigenvalue weighted by atomic mass is 16.3. The van der Waals surface area contributed by atoms with Crippen molar-refractivity contribution in [3.05, 3.63) is 17.0 Å². The van der Waals surface area contributed by atoms with E-state index in [1.165, 1.54) is 0 Å². The van der Waals surface area contributed by atoms with E-state index in [-0.39, 0.29) is 11.3 Å². The molecule has 0 saturated carbocycles. The summed E-state index contributed by atoms with van der Waals surface area (Å²) in [6.45, 7) is 10.0. The highest BCUT2D eigenvalue weighted by Gasteiger charge is 2.22. The Morgan fingerprint density at radius 1 is 1.42 bits per heavy atom. The zero-order chi connectivity index (χ0) is 14.6. The highest BCUT2D eigenvalue weighted by Crippen LogP contribution is 2.18. The molecule has 0 aliphatic carbocycles. The van der Waals surface area contributed by atoms with Crippen molar-refractivity contribution >= 4 is 5.91 Å². The monoisotopic (exact) mass is 267 g/mol.